The van der Waals surface area contributed by atoms with Crippen molar-refractivity contribution < 1.29 is 24.9 Å². The fourth-order valence-corrected chi connectivity index (χ4v) is 2.76. The molecule has 7 nitrogen and oxygen atoms in total. The van der Waals surface area contributed by atoms with Gasteiger partial charge in [0.25, 0.3) is 0 Å². The molecule has 5 N–H and O–H groups in total. The predicted molar refractivity (Wildman–Crippen MR) is 107 cm³/mol. The molecule has 1 unspecified atom stereocenters. The largest absolute Gasteiger partial charge is 0.473 e. The van der Waals surface area contributed by atoms with E-state index in [1.807, 2.05) is 24.3 Å². The van der Waals surface area contributed by atoms with Gasteiger partial charge in [-0.05, 0) is 41.6 Å². The Kier molecular flexibility index (Phi) is 8.01. The zero-order valence-corrected chi connectivity index (χ0v) is 15.7. The lowest BCUT2D eigenvalue weighted by atomic mass is 10.1. The van der Waals surface area contributed by atoms with Gasteiger partial charge >= 0.3 is 11.9 Å². The second-order valence-corrected chi connectivity index (χ2v) is 6.45. The van der Waals surface area contributed by atoms with Crippen LogP contribution in [0.5, 0.6) is 0 Å². The lowest BCUT2D eigenvalue weighted by molar-refractivity contribution is -0.159. The maximum Gasteiger partial charge on any atom is 0.414 e. The van der Waals surface area contributed by atoms with Crippen molar-refractivity contribution in [3.8, 4) is 0 Å². The first-order valence-corrected chi connectivity index (χ1v) is 8.91. The molecule has 0 radical (unpaired) electrons. The van der Waals surface area contributed by atoms with Crippen molar-refractivity contribution in [1.29, 1.82) is 0 Å². The molecule has 3 aromatic rings. The number of carbonyl (C=O) groups is 2. The highest BCUT2D eigenvalue weighted by atomic mass is 35.5. The molecule has 1 heterocycles. The van der Waals surface area contributed by atoms with Gasteiger partial charge in [0.2, 0.25) is 0 Å². The van der Waals surface area contributed by atoms with E-state index in [0.717, 1.165) is 24.0 Å². The van der Waals surface area contributed by atoms with E-state index in [2.05, 4.69) is 28.5 Å². The predicted octanol–water partition coefficient (Wildman–Crippen LogP) is 2.84. The summed E-state index contributed by atoms with van der Waals surface area (Å²) in [5, 5.41) is 30.1. The number of aliphatic carboxylic acids is 2. The fraction of sp³-hybridized carbons (Fsp3) is 0.200. The van der Waals surface area contributed by atoms with Gasteiger partial charge in [0.05, 0.1) is 6.10 Å². The highest BCUT2D eigenvalue weighted by Crippen LogP contribution is 2.17. The van der Waals surface area contributed by atoms with Crippen molar-refractivity contribution in [1.82, 2.24) is 10.3 Å². The third-order valence-electron chi connectivity index (χ3n) is 3.91. The maximum absolute atomic E-state index is 10.1. The summed E-state index contributed by atoms with van der Waals surface area (Å²) in [7, 11) is 0. The summed E-state index contributed by atoms with van der Waals surface area (Å²) in [6.45, 7) is 1.32. The molecule has 2 aromatic carbocycles. The van der Waals surface area contributed by atoms with Crippen molar-refractivity contribution in [3.05, 3.63) is 70.9 Å². The molecule has 0 aliphatic rings. The van der Waals surface area contributed by atoms with Crippen LogP contribution in [-0.4, -0.2) is 45.3 Å². The number of benzene rings is 2. The molecule has 0 saturated carbocycles. The highest BCUT2D eigenvalue weighted by Gasteiger charge is 2.07. The van der Waals surface area contributed by atoms with Crippen LogP contribution in [0.1, 0.15) is 17.4 Å². The van der Waals surface area contributed by atoms with Gasteiger partial charge < -0.3 is 25.6 Å². The normalized spacial score (nSPS) is 11.5. The zero-order chi connectivity index (χ0) is 20.5. The van der Waals surface area contributed by atoms with Crippen LogP contribution >= 0.6 is 11.6 Å². The van der Waals surface area contributed by atoms with Gasteiger partial charge in [0.1, 0.15) is 0 Å². The van der Waals surface area contributed by atoms with Crippen LogP contribution in [0.4, 0.5) is 0 Å². The molecule has 0 saturated heterocycles. The lowest BCUT2D eigenvalue weighted by Crippen LogP contribution is -2.23. The third kappa shape index (κ3) is 6.70. The van der Waals surface area contributed by atoms with Gasteiger partial charge in [-0.1, -0.05) is 41.9 Å². The van der Waals surface area contributed by atoms with E-state index in [9.17, 15) is 5.11 Å². The number of aliphatic hydroxyl groups excluding tert-OH is 1. The van der Waals surface area contributed by atoms with E-state index >= 15 is 0 Å². The van der Waals surface area contributed by atoms with Crippen molar-refractivity contribution in [3.63, 3.8) is 0 Å². The Morgan fingerprint density at radius 3 is 2.39 bits per heavy atom. The number of hydrogen-bond donors (Lipinski definition) is 5. The number of halogens is 1. The number of aliphatic hydroxyl groups is 1. The summed E-state index contributed by atoms with van der Waals surface area (Å²) >= 11 is 5.93. The van der Waals surface area contributed by atoms with Crippen LogP contribution in [0, 0.1) is 0 Å². The summed E-state index contributed by atoms with van der Waals surface area (Å²) in [5.41, 5.74) is 3.20. The Hall–Kier alpha value is -2.87. The number of carboxylic acid groups (broad SMARTS) is 2. The molecule has 148 valence electrons. The monoisotopic (exact) mass is 404 g/mol. The van der Waals surface area contributed by atoms with Crippen LogP contribution in [-0.2, 0) is 16.0 Å². The van der Waals surface area contributed by atoms with Crippen molar-refractivity contribution in [2.24, 2.45) is 0 Å². The molecule has 0 amide bonds. The maximum atomic E-state index is 10.1. The molecule has 0 fully saturated rings. The number of fused-ring (bicyclic) bond motifs is 1. The molecule has 3 rings (SSSR count). The number of nitrogens with one attached hydrogen (secondary N) is 2. The smallest absolute Gasteiger partial charge is 0.414 e. The molecule has 1 atom stereocenters. The molecule has 28 heavy (non-hydrogen) atoms. The van der Waals surface area contributed by atoms with E-state index in [1.54, 1.807) is 12.1 Å². The second-order valence-electron chi connectivity index (χ2n) is 6.02. The van der Waals surface area contributed by atoms with Gasteiger partial charge in [-0.2, -0.15) is 0 Å². The second kappa shape index (κ2) is 10.5. The Labute approximate surface area is 166 Å². The van der Waals surface area contributed by atoms with E-state index in [4.69, 9.17) is 31.4 Å². The fourth-order valence-electron chi connectivity index (χ4n) is 2.56. The summed E-state index contributed by atoms with van der Waals surface area (Å²) in [5.74, 6) is -3.65. The summed E-state index contributed by atoms with van der Waals surface area (Å²) in [4.78, 5) is 21.6. The molecular formula is C20H21ClN2O5. The van der Waals surface area contributed by atoms with E-state index in [-0.39, 0.29) is 0 Å². The van der Waals surface area contributed by atoms with Crippen LogP contribution in [0.3, 0.4) is 0 Å². The standard InChI is InChI=1S/C18H19ClN2O.C2H2O4/c19-15-6-3-5-14(10-15)18(22)12-20-9-8-16-11-13-4-1-2-7-17(13)21-16;3-1(4)2(5)6/h1-7,10-11,18,20-22H,8-9,12H2;(H,3,4)(H,5,6). The summed E-state index contributed by atoms with van der Waals surface area (Å²) in [6.07, 6.45) is 0.359. The molecule has 1 aromatic heterocycles. The SMILES string of the molecule is O=C(O)C(=O)O.OC(CNCCc1cc2ccccc2[nH]1)c1cccc(Cl)c1. The van der Waals surface area contributed by atoms with Gasteiger partial charge in [0, 0.05) is 29.3 Å². The van der Waals surface area contributed by atoms with Crippen molar-refractivity contribution in [2.45, 2.75) is 12.5 Å². The molecule has 8 heteroatoms. The number of hydrogen-bond acceptors (Lipinski definition) is 4. The van der Waals surface area contributed by atoms with Crippen LogP contribution in [0.25, 0.3) is 10.9 Å². The van der Waals surface area contributed by atoms with E-state index in [0.29, 0.717) is 11.6 Å². The number of para-hydroxylation sites is 1. The molecule has 0 aliphatic carbocycles. The van der Waals surface area contributed by atoms with E-state index in [1.165, 1.54) is 11.1 Å². The molecule has 0 spiro atoms. The first kappa shape index (κ1) is 21.4. The molecular weight excluding hydrogens is 384 g/mol. The van der Waals surface area contributed by atoms with Crippen LogP contribution in [0.2, 0.25) is 5.02 Å². The summed E-state index contributed by atoms with van der Waals surface area (Å²) in [6, 6.07) is 17.8. The first-order valence-electron chi connectivity index (χ1n) is 8.54. The number of rotatable bonds is 6. The Morgan fingerprint density at radius 1 is 1.04 bits per heavy atom. The van der Waals surface area contributed by atoms with Gasteiger partial charge in [-0.25, -0.2) is 9.59 Å². The minimum absolute atomic E-state index is 0.514. The molecule has 0 bridgehead atoms. The van der Waals surface area contributed by atoms with Crippen molar-refractivity contribution >= 4 is 34.4 Å². The number of H-pyrrole nitrogens is 1. The third-order valence-corrected chi connectivity index (χ3v) is 4.15. The van der Waals surface area contributed by atoms with Gasteiger partial charge in [-0.15, -0.1) is 0 Å². The minimum Gasteiger partial charge on any atom is -0.473 e. The Balaban J connectivity index is 0.000000409. The topological polar surface area (TPSA) is 123 Å². The Bertz CT molecular complexity index is 896. The average Bonchev–Trinajstić information content (AvgIpc) is 3.08. The van der Waals surface area contributed by atoms with Gasteiger partial charge in [-0.3, -0.25) is 0 Å². The number of aromatic nitrogens is 1. The number of carboxylic acids is 2. The zero-order valence-electron chi connectivity index (χ0n) is 14.9. The molecule has 0 aliphatic heterocycles. The Morgan fingerprint density at radius 2 is 1.75 bits per heavy atom. The lowest BCUT2D eigenvalue weighted by Gasteiger charge is -2.12. The minimum atomic E-state index is -1.82. The highest BCUT2D eigenvalue weighted by molar-refractivity contribution is 6.30. The first-order chi connectivity index (χ1) is 13.4. The summed E-state index contributed by atoms with van der Waals surface area (Å²) < 4.78 is 0. The van der Waals surface area contributed by atoms with Crippen LogP contribution in [0.15, 0.2) is 54.6 Å². The number of aromatic amines is 1. The van der Waals surface area contributed by atoms with E-state index < -0.39 is 18.0 Å². The quantitative estimate of drug-likeness (QED) is 0.318. The van der Waals surface area contributed by atoms with Gasteiger partial charge in [0.15, 0.2) is 0 Å². The average molecular weight is 405 g/mol. The van der Waals surface area contributed by atoms with Crippen molar-refractivity contribution in [2.75, 3.05) is 13.1 Å². The van der Waals surface area contributed by atoms with Crippen LogP contribution < -0.4 is 5.32 Å².